The molecule has 8 aromatic carbocycles. The molecule has 1 atom stereocenters. The van der Waals surface area contributed by atoms with E-state index in [1.54, 1.807) is 0 Å². The van der Waals surface area contributed by atoms with E-state index in [4.69, 9.17) is 15.0 Å². The Morgan fingerprint density at radius 1 is 0.421 bits per heavy atom. The molecular weight excluding hydrogens is 691 g/mol. The van der Waals surface area contributed by atoms with Crippen molar-refractivity contribution in [2.45, 2.75) is 19.3 Å². The van der Waals surface area contributed by atoms with Crippen molar-refractivity contribution >= 4 is 27.6 Å². The SMILES string of the molecule is CC1C/C=C/C=C\c2c1c(-c1ccc(-c3nc(-c4ccc(-c5ccccc5)cc4)nc(-c4ccccc4-c4ccccc4)n3)cc1)cc1ccc3ccccc3c21. The monoisotopic (exact) mass is 729 g/mol. The molecule has 1 heterocycles. The van der Waals surface area contributed by atoms with E-state index in [2.05, 4.69) is 195 Å². The molecule has 10 rings (SSSR count). The summed E-state index contributed by atoms with van der Waals surface area (Å²) < 4.78 is 0. The maximum atomic E-state index is 5.19. The van der Waals surface area contributed by atoms with Gasteiger partial charge in [0, 0.05) is 16.7 Å². The van der Waals surface area contributed by atoms with Crippen molar-refractivity contribution in [2.24, 2.45) is 0 Å². The number of hydrogen-bond donors (Lipinski definition) is 0. The topological polar surface area (TPSA) is 38.7 Å². The van der Waals surface area contributed by atoms with Gasteiger partial charge in [-0.3, -0.25) is 0 Å². The Labute approximate surface area is 333 Å². The zero-order valence-electron chi connectivity index (χ0n) is 31.7. The number of benzene rings is 8. The fraction of sp³-hybridized carbons (Fsp3) is 0.0556. The van der Waals surface area contributed by atoms with Crippen molar-refractivity contribution in [3.63, 3.8) is 0 Å². The van der Waals surface area contributed by atoms with Crippen LogP contribution in [0.5, 0.6) is 0 Å². The first-order chi connectivity index (χ1) is 28.2. The minimum atomic E-state index is 0.339. The molecule has 0 saturated heterocycles. The summed E-state index contributed by atoms with van der Waals surface area (Å²) in [5, 5.41) is 5.12. The smallest absolute Gasteiger partial charge is 0.164 e. The van der Waals surface area contributed by atoms with Gasteiger partial charge in [-0.2, -0.15) is 0 Å². The lowest BCUT2D eigenvalue weighted by Gasteiger charge is -2.23. The van der Waals surface area contributed by atoms with E-state index in [0.29, 0.717) is 23.4 Å². The second-order valence-electron chi connectivity index (χ2n) is 14.8. The van der Waals surface area contributed by atoms with Gasteiger partial charge in [-0.05, 0) is 84.5 Å². The Morgan fingerprint density at radius 3 is 1.67 bits per heavy atom. The van der Waals surface area contributed by atoms with Crippen LogP contribution in [-0.4, -0.2) is 15.0 Å². The zero-order chi connectivity index (χ0) is 38.1. The van der Waals surface area contributed by atoms with Crippen LogP contribution in [0.3, 0.4) is 0 Å². The van der Waals surface area contributed by atoms with Gasteiger partial charge in [0.25, 0.3) is 0 Å². The molecular formula is C54H39N3. The highest BCUT2D eigenvalue weighted by Gasteiger charge is 2.21. The molecule has 0 radical (unpaired) electrons. The van der Waals surface area contributed by atoms with Gasteiger partial charge in [0.05, 0.1) is 0 Å². The van der Waals surface area contributed by atoms with Gasteiger partial charge >= 0.3 is 0 Å². The van der Waals surface area contributed by atoms with E-state index < -0.39 is 0 Å². The molecule has 1 aromatic heterocycles. The predicted octanol–water partition coefficient (Wildman–Crippen LogP) is 14.3. The van der Waals surface area contributed by atoms with Gasteiger partial charge in [-0.15, -0.1) is 0 Å². The summed E-state index contributed by atoms with van der Waals surface area (Å²) in [6.07, 6.45) is 9.95. The molecule has 1 aliphatic rings. The van der Waals surface area contributed by atoms with Crippen LogP contribution in [0, 0.1) is 0 Å². The van der Waals surface area contributed by atoms with Gasteiger partial charge in [0.15, 0.2) is 17.5 Å². The van der Waals surface area contributed by atoms with E-state index in [9.17, 15) is 0 Å². The Kier molecular flexibility index (Phi) is 8.89. The predicted molar refractivity (Wildman–Crippen MR) is 239 cm³/mol. The third-order valence-corrected chi connectivity index (χ3v) is 11.2. The van der Waals surface area contributed by atoms with E-state index in [1.807, 2.05) is 12.1 Å². The first-order valence-corrected chi connectivity index (χ1v) is 19.7. The van der Waals surface area contributed by atoms with Crippen LogP contribution in [-0.2, 0) is 0 Å². The Hall–Kier alpha value is -7.23. The third-order valence-electron chi connectivity index (χ3n) is 11.2. The summed E-state index contributed by atoms with van der Waals surface area (Å²) in [5.41, 5.74) is 12.5. The fourth-order valence-electron chi connectivity index (χ4n) is 8.34. The van der Waals surface area contributed by atoms with Crippen LogP contribution in [0.2, 0.25) is 0 Å². The summed E-state index contributed by atoms with van der Waals surface area (Å²) in [4.78, 5) is 15.5. The van der Waals surface area contributed by atoms with Crippen molar-refractivity contribution in [1.82, 2.24) is 15.0 Å². The molecule has 3 nitrogen and oxygen atoms in total. The number of hydrogen-bond acceptors (Lipinski definition) is 3. The standard InChI is InChI=1S/C54H39N3/c1-36-15-5-2-10-24-48-50(36)49(35-44-34-29-40-20-11-12-22-46(40)51(44)48)41-27-32-43(33-28-41)53-55-52(42-30-25-38(26-31-42)37-16-6-3-7-17-37)56-54(57-53)47-23-14-13-21-45(47)39-18-8-4-9-19-39/h2-14,16-36H,15H2,1H3/b5-2+,24-10-. The zero-order valence-corrected chi connectivity index (χ0v) is 31.7. The van der Waals surface area contributed by atoms with Crippen LogP contribution >= 0.6 is 0 Å². The molecule has 270 valence electrons. The van der Waals surface area contributed by atoms with Crippen LogP contribution in [0.4, 0.5) is 0 Å². The number of aromatic nitrogens is 3. The van der Waals surface area contributed by atoms with Crippen LogP contribution in [0.25, 0.3) is 95.2 Å². The number of fused-ring (bicyclic) bond motifs is 5. The second kappa shape index (κ2) is 14.8. The first kappa shape index (κ1) is 34.3. The second-order valence-corrected chi connectivity index (χ2v) is 14.8. The largest absolute Gasteiger partial charge is 0.208 e. The molecule has 0 saturated carbocycles. The van der Waals surface area contributed by atoms with Crippen LogP contribution in [0.1, 0.15) is 30.4 Å². The minimum absolute atomic E-state index is 0.339. The van der Waals surface area contributed by atoms with Crippen LogP contribution < -0.4 is 0 Å². The summed E-state index contributed by atoms with van der Waals surface area (Å²) in [6.45, 7) is 2.35. The summed E-state index contributed by atoms with van der Waals surface area (Å²) in [6, 6.07) is 62.2. The van der Waals surface area contributed by atoms with Gasteiger partial charge < -0.3 is 0 Å². The lowest BCUT2D eigenvalue weighted by molar-refractivity contribution is 0.781. The van der Waals surface area contributed by atoms with Crippen molar-refractivity contribution < 1.29 is 0 Å². The first-order valence-electron chi connectivity index (χ1n) is 19.7. The average molecular weight is 730 g/mol. The number of rotatable bonds is 6. The van der Waals surface area contributed by atoms with Gasteiger partial charge in [-0.25, -0.2) is 15.0 Å². The maximum Gasteiger partial charge on any atom is 0.164 e. The molecule has 0 aliphatic heterocycles. The number of allylic oxidation sites excluding steroid dienone is 3. The highest BCUT2D eigenvalue weighted by molar-refractivity contribution is 6.13. The minimum Gasteiger partial charge on any atom is -0.208 e. The highest BCUT2D eigenvalue weighted by atomic mass is 15.0. The average Bonchev–Trinajstić information content (AvgIpc) is 3.28. The molecule has 0 fully saturated rings. The van der Waals surface area contributed by atoms with Crippen molar-refractivity contribution in [1.29, 1.82) is 0 Å². The van der Waals surface area contributed by atoms with Crippen molar-refractivity contribution in [3.8, 4) is 67.5 Å². The number of nitrogens with zero attached hydrogens (tertiary/aromatic N) is 3. The van der Waals surface area contributed by atoms with E-state index in [1.165, 1.54) is 49.4 Å². The molecule has 0 bridgehead atoms. The fourth-order valence-corrected chi connectivity index (χ4v) is 8.34. The van der Waals surface area contributed by atoms with E-state index in [-0.39, 0.29) is 0 Å². The lowest BCUT2D eigenvalue weighted by atomic mass is 9.81. The molecule has 3 heteroatoms. The molecule has 57 heavy (non-hydrogen) atoms. The Balaban J connectivity index is 1.11. The van der Waals surface area contributed by atoms with Gasteiger partial charge in [0.2, 0.25) is 0 Å². The highest BCUT2D eigenvalue weighted by Crippen LogP contribution is 2.43. The summed E-state index contributed by atoms with van der Waals surface area (Å²) >= 11 is 0. The maximum absolute atomic E-state index is 5.19. The molecule has 1 unspecified atom stereocenters. The van der Waals surface area contributed by atoms with Crippen molar-refractivity contribution in [3.05, 3.63) is 205 Å². The molecule has 0 spiro atoms. The lowest BCUT2D eigenvalue weighted by Crippen LogP contribution is -2.03. The molecule has 1 aliphatic carbocycles. The van der Waals surface area contributed by atoms with Gasteiger partial charge in [-0.1, -0.05) is 201 Å². The van der Waals surface area contributed by atoms with E-state index in [0.717, 1.165) is 39.8 Å². The normalized spacial score (nSPS) is 14.8. The quantitative estimate of drug-likeness (QED) is 0.160. The molecule has 0 amide bonds. The molecule has 9 aromatic rings. The third kappa shape index (κ3) is 6.53. The van der Waals surface area contributed by atoms with Crippen molar-refractivity contribution in [2.75, 3.05) is 0 Å². The van der Waals surface area contributed by atoms with E-state index >= 15 is 0 Å². The summed E-state index contributed by atoms with van der Waals surface area (Å²) in [5.74, 6) is 2.25. The Bertz CT molecular complexity index is 2960. The van der Waals surface area contributed by atoms with Crippen LogP contribution in [0.15, 0.2) is 194 Å². The Morgan fingerprint density at radius 2 is 0.947 bits per heavy atom. The summed E-state index contributed by atoms with van der Waals surface area (Å²) in [7, 11) is 0. The van der Waals surface area contributed by atoms with Gasteiger partial charge in [0.1, 0.15) is 0 Å². The molecule has 0 N–H and O–H groups in total.